The fraction of sp³-hybridized carbons (Fsp3) is 0.300. The van der Waals surface area contributed by atoms with Crippen molar-refractivity contribution in [1.29, 1.82) is 0 Å². The number of pyridine rings is 1. The van der Waals surface area contributed by atoms with Crippen LogP contribution in [-0.4, -0.2) is 44.6 Å². The summed E-state index contributed by atoms with van der Waals surface area (Å²) < 4.78 is 16.0. The van der Waals surface area contributed by atoms with Crippen molar-refractivity contribution >= 4 is 16.9 Å². The average molecular weight is 397 g/mol. The Kier molecular flexibility index (Phi) is 4.75. The Morgan fingerprint density at radius 3 is 2.76 bits per heavy atom. The minimum atomic E-state index is -0.507. The lowest BCUT2D eigenvalue weighted by atomic mass is 10.0. The van der Waals surface area contributed by atoms with Gasteiger partial charge < -0.3 is 10.2 Å². The standard InChI is InChI=1S/C20H20FN5O3/c1-24-17-15(19(28)25(2)20(24)29)9-13(10-23-17)18(27)26-7-6-22-11-16(26)12-4-3-5-14(21)8-12/h3-5,8-10,16,22H,6-7,11H2,1-2H3. The molecular formula is C20H20FN5O3. The van der Waals surface area contributed by atoms with Crippen LogP contribution in [0, 0.1) is 5.82 Å². The third kappa shape index (κ3) is 3.23. The molecule has 0 aliphatic carbocycles. The molecule has 3 aromatic rings. The van der Waals surface area contributed by atoms with E-state index in [0.717, 1.165) is 4.57 Å². The number of hydrogen-bond donors (Lipinski definition) is 1. The number of hydrogen-bond acceptors (Lipinski definition) is 5. The highest BCUT2D eigenvalue weighted by Gasteiger charge is 2.29. The van der Waals surface area contributed by atoms with E-state index in [2.05, 4.69) is 10.3 Å². The Morgan fingerprint density at radius 1 is 1.21 bits per heavy atom. The van der Waals surface area contributed by atoms with Crippen LogP contribution in [0.4, 0.5) is 4.39 Å². The van der Waals surface area contributed by atoms with Crippen molar-refractivity contribution < 1.29 is 9.18 Å². The molecule has 0 radical (unpaired) electrons. The van der Waals surface area contributed by atoms with E-state index in [1.807, 2.05) is 0 Å². The molecule has 150 valence electrons. The normalized spacial score (nSPS) is 16.9. The van der Waals surface area contributed by atoms with E-state index < -0.39 is 11.2 Å². The predicted octanol–water partition coefficient (Wildman–Crippen LogP) is 0.558. The van der Waals surface area contributed by atoms with Gasteiger partial charge in [0.1, 0.15) is 11.5 Å². The summed E-state index contributed by atoms with van der Waals surface area (Å²) in [5.74, 6) is -0.664. The quantitative estimate of drug-likeness (QED) is 0.683. The molecular weight excluding hydrogens is 377 g/mol. The third-order valence-corrected chi connectivity index (χ3v) is 5.28. The summed E-state index contributed by atoms with van der Waals surface area (Å²) in [6, 6.07) is 7.30. The van der Waals surface area contributed by atoms with E-state index in [1.54, 1.807) is 17.0 Å². The van der Waals surface area contributed by atoms with E-state index in [0.29, 0.717) is 25.2 Å². The number of halogens is 1. The summed E-state index contributed by atoms with van der Waals surface area (Å²) >= 11 is 0. The molecule has 0 saturated carbocycles. The van der Waals surface area contributed by atoms with Crippen LogP contribution in [0.25, 0.3) is 11.0 Å². The minimum absolute atomic E-state index is 0.192. The molecule has 8 nitrogen and oxygen atoms in total. The topological polar surface area (TPSA) is 89.2 Å². The molecule has 1 amide bonds. The highest BCUT2D eigenvalue weighted by Crippen LogP contribution is 2.25. The number of carbonyl (C=O) groups is 1. The molecule has 2 aromatic heterocycles. The highest BCUT2D eigenvalue weighted by atomic mass is 19.1. The number of rotatable bonds is 2. The zero-order valence-electron chi connectivity index (χ0n) is 16.1. The Balaban J connectivity index is 1.77. The Hall–Kier alpha value is -3.33. The number of carbonyl (C=O) groups excluding carboxylic acids is 1. The number of nitrogens with one attached hydrogen (secondary N) is 1. The lowest BCUT2D eigenvalue weighted by molar-refractivity contribution is 0.0633. The molecule has 0 bridgehead atoms. The summed E-state index contributed by atoms with van der Waals surface area (Å²) in [7, 11) is 2.91. The van der Waals surface area contributed by atoms with Crippen molar-refractivity contribution in [2.75, 3.05) is 19.6 Å². The summed E-state index contributed by atoms with van der Waals surface area (Å²) in [5.41, 5.74) is 0.167. The lowest BCUT2D eigenvalue weighted by Gasteiger charge is -2.36. The van der Waals surface area contributed by atoms with Crippen LogP contribution in [-0.2, 0) is 14.1 Å². The monoisotopic (exact) mass is 397 g/mol. The molecule has 29 heavy (non-hydrogen) atoms. The number of amides is 1. The van der Waals surface area contributed by atoms with E-state index in [4.69, 9.17) is 0 Å². The first-order valence-electron chi connectivity index (χ1n) is 9.21. The number of aromatic nitrogens is 3. The van der Waals surface area contributed by atoms with Gasteiger partial charge >= 0.3 is 5.69 Å². The van der Waals surface area contributed by atoms with Gasteiger partial charge in [-0.25, -0.2) is 14.2 Å². The van der Waals surface area contributed by atoms with Gasteiger partial charge in [-0.1, -0.05) is 12.1 Å². The fourth-order valence-corrected chi connectivity index (χ4v) is 3.71. The molecule has 1 atom stereocenters. The average Bonchev–Trinajstić information content (AvgIpc) is 2.75. The number of aryl methyl sites for hydroxylation is 1. The minimum Gasteiger partial charge on any atom is -0.329 e. The molecule has 1 aromatic carbocycles. The van der Waals surface area contributed by atoms with Gasteiger partial charge in [-0.3, -0.25) is 18.7 Å². The van der Waals surface area contributed by atoms with Crippen LogP contribution in [0.2, 0.25) is 0 Å². The number of piperazine rings is 1. The van der Waals surface area contributed by atoms with Crippen LogP contribution in [0.5, 0.6) is 0 Å². The first-order valence-corrected chi connectivity index (χ1v) is 9.21. The summed E-state index contributed by atoms with van der Waals surface area (Å²) in [5, 5.41) is 3.42. The molecule has 1 unspecified atom stereocenters. The van der Waals surface area contributed by atoms with Crippen LogP contribution < -0.4 is 16.6 Å². The van der Waals surface area contributed by atoms with Crippen LogP contribution in [0.15, 0.2) is 46.1 Å². The Bertz CT molecular complexity index is 1230. The van der Waals surface area contributed by atoms with Gasteiger partial charge in [0.05, 0.1) is 17.0 Å². The van der Waals surface area contributed by atoms with Crippen molar-refractivity contribution in [3.63, 3.8) is 0 Å². The van der Waals surface area contributed by atoms with E-state index in [-0.39, 0.29) is 34.4 Å². The van der Waals surface area contributed by atoms with Crippen molar-refractivity contribution in [2.24, 2.45) is 14.1 Å². The largest absolute Gasteiger partial charge is 0.332 e. The maximum atomic E-state index is 13.7. The molecule has 1 aliphatic rings. The smallest absolute Gasteiger partial charge is 0.329 e. The van der Waals surface area contributed by atoms with Crippen molar-refractivity contribution in [2.45, 2.75) is 6.04 Å². The fourth-order valence-electron chi connectivity index (χ4n) is 3.71. The molecule has 1 saturated heterocycles. The van der Waals surface area contributed by atoms with Gasteiger partial charge in [0.2, 0.25) is 0 Å². The van der Waals surface area contributed by atoms with Gasteiger partial charge in [-0.15, -0.1) is 0 Å². The van der Waals surface area contributed by atoms with Crippen LogP contribution in [0.3, 0.4) is 0 Å². The Labute approximate surface area is 165 Å². The SMILES string of the molecule is Cn1c(=O)c2cc(C(=O)N3CCNCC3c3cccc(F)c3)cnc2n(C)c1=O. The van der Waals surface area contributed by atoms with Crippen LogP contribution in [0.1, 0.15) is 22.0 Å². The van der Waals surface area contributed by atoms with Gasteiger partial charge in [0.15, 0.2) is 0 Å². The van der Waals surface area contributed by atoms with Gasteiger partial charge in [-0.2, -0.15) is 0 Å². The first kappa shape index (κ1) is 19.0. The maximum Gasteiger partial charge on any atom is 0.332 e. The molecule has 9 heteroatoms. The number of fused-ring (bicyclic) bond motifs is 1. The first-order chi connectivity index (χ1) is 13.9. The van der Waals surface area contributed by atoms with E-state index in [1.165, 1.54) is 43.1 Å². The van der Waals surface area contributed by atoms with Crippen molar-refractivity contribution in [3.8, 4) is 0 Å². The second kappa shape index (κ2) is 7.25. The van der Waals surface area contributed by atoms with Gasteiger partial charge in [0, 0.05) is 39.9 Å². The molecule has 3 heterocycles. The third-order valence-electron chi connectivity index (χ3n) is 5.28. The van der Waals surface area contributed by atoms with E-state index in [9.17, 15) is 18.8 Å². The summed E-state index contributed by atoms with van der Waals surface area (Å²) in [6.07, 6.45) is 1.37. The molecule has 1 aliphatic heterocycles. The van der Waals surface area contributed by atoms with Gasteiger partial charge in [0.25, 0.3) is 11.5 Å². The molecule has 1 N–H and O–H groups in total. The highest BCUT2D eigenvalue weighted by molar-refractivity contribution is 5.97. The van der Waals surface area contributed by atoms with Crippen LogP contribution >= 0.6 is 0 Å². The molecule has 1 fully saturated rings. The van der Waals surface area contributed by atoms with Crippen molar-refractivity contribution in [1.82, 2.24) is 24.3 Å². The summed E-state index contributed by atoms with van der Waals surface area (Å²) in [6.45, 7) is 1.53. The maximum absolute atomic E-state index is 13.7. The predicted molar refractivity (Wildman–Crippen MR) is 105 cm³/mol. The second-order valence-electron chi connectivity index (χ2n) is 7.07. The second-order valence-corrected chi connectivity index (χ2v) is 7.07. The molecule has 0 spiro atoms. The van der Waals surface area contributed by atoms with E-state index >= 15 is 0 Å². The zero-order valence-corrected chi connectivity index (χ0v) is 16.1. The summed E-state index contributed by atoms with van der Waals surface area (Å²) in [4.78, 5) is 43.7. The zero-order chi connectivity index (χ0) is 20.7. The van der Waals surface area contributed by atoms with Gasteiger partial charge in [-0.05, 0) is 23.8 Å². The van der Waals surface area contributed by atoms with Crippen molar-refractivity contribution in [3.05, 3.63) is 74.3 Å². The molecule has 4 rings (SSSR count). The lowest BCUT2D eigenvalue weighted by Crippen LogP contribution is -2.48. The number of benzene rings is 1. The number of nitrogens with zero attached hydrogens (tertiary/aromatic N) is 4. The Morgan fingerprint density at radius 2 is 2.00 bits per heavy atom.